The molecule has 1 fully saturated rings. The van der Waals surface area contributed by atoms with Crippen LogP contribution in [-0.4, -0.2) is 12.1 Å². The lowest BCUT2D eigenvalue weighted by Crippen LogP contribution is -2.33. The van der Waals surface area contributed by atoms with Gasteiger partial charge >= 0.3 is 0 Å². The summed E-state index contributed by atoms with van der Waals surface area (Å²) in [5.74, 6) is 0. The van der Waals surface area contributed by atoms with Crippen molar-refractivity contribution in [2.75, 3.05) is 0 Å². The number of nitrogens with one attached hydrogen (secondary N) is 1. The zero-order chi connectivity index (χ0) is 8.10. The van der Waals surface area contributed by atoms with E-state index in [1.807, 2.05) is 13.8 Å². The standard InChI is InChI=1S/C6H11N3.C2H6/c1-2-4-6-5(3-1)7-9-8-6;1-2/h5-6H,1-4H2,(H,7,8);1-2H3. The Bertz CT molecular complexity index is 133. The van der Waals surface area contributed by atoms with E-state index in [0.29, 0.717) is 12.1 Å². The van der Waals surface area contributed by atoms with Gasteiger partial charge in [-0.3, -0.25) is 5.43 Å². The molecule has 1 aliphatic carbocycles. The van der Waals surface area contributed by atoms with Crippen molar-refractivity contribution in [2.45, 2.75) is 51.6 Å². The monoisotopic (exact) mass is 155 g/mol. The highest BCUT2D eigenvalue weighted by molar-refractivity contribution is 4.86. The molecule has 11 heavy (non-hydrogen) atoms. The summed E-state index contributed by atoms with van der Waals surface area (Å²) in [4.78, 5) is 0. The zero-order valence-corrected chi connectivity index (χ0v) is 7.38. The lowest BCUT2D eigenvalue weighted by atomic mass is 9.92. The van der Waals surface area contributed by atoms with Crippen molar-refractivity contribution < 1.29 is 0 Å². The molecular formula is C8H17N3. The molecule has 1 aliphatic heterocycles. The number of nitrogens with zero attached hydrogens (tertiary/aromatic N) is 2. The second-order valence-corrected chi connectivity index (χ2v) is 2.80. The molecule has 0 spiro atoms. The summed E-state index contributed by atoms with van der Waals surface area (Å²) >= 11 is 0. The summed E-state index contributed by atoms with van der Waals surface area (Å²) in [6.07, 6.45) is 5.18. The molecule has 0 aromatic rings. The first kappa shape index (κ1) is 8.50. The minimum atomic E-state index is 0.513. The van der Waals surface area contributed by atoms with Crippen molar-refractivity contribution in [1.29, 1.82) is 0 Å². The van der Waals surface area contributed by atoms with E-state index in [-0.39, 0.29) is 0 Å². The summed E-state index contributed by atoms with van der Waals surface area (Å²) in [7, 11) is 0. The predicted molar refractivity (Wildman–Crippen MR) is 45.4 cm³/mol. The smallest absolute Gasteiger partial charge is 0.0947 e. The zero-order valence-electron chi connectivity index (χ0n) is 7.38. The second-order valence-electron chi connectivity index (χ2n) is 2.80. The minimum absolute atomic E-state index is 0.513. The van der Waals surface area contributed by atoms with Gasteiger partial charge in [-0.1, -0.05) is 31.9 Å². The van der Waals surface area contributed by atoms with Crippen LogP contribution in [0.25, 0.3) is 0 Å². The molecule has 2 aliphatic rings. The number of hydrogen-bond donors (Lipinski definition) is 1. The number of fused-ring (bicyclic) bond motifs is 1. The molecule has 2 unspecified atom stereocenters. The Kier molecular flexibility index (Phi) is 3.33. The van der Waals surface area contributed by atoms with E-state index in [9.17, 15) is 0 Å². The third kappa shape index (κ3) is 1.91. The first-order valence-electron chi connectivity index (χ1n) is 4.62. The molecule has 1 saturated carbocycles. The van der Waals surface area contributed by atoms with Crippen LogP contribution in [0.4, 0.5) is 0 Å². The van der Waals surface area contributed by atoms with E-state index in [2.05, 4.69) is 15.8 Å². The molecule has 2 atom stereocenters. The molecule has 3 heteroatoms. The molecule has 0 amide bonds. The molecule has 3 nitrogen and oxygen atoms in total. The quantitative estimate of drug-likeness (QED) is 0.572. The van der Waals surface area contributed by atoms with Crippen molar-refractivity contribution in [3.8, 4) is 0 Å². The number of rotatable bonds is 0. The third-order valence-electron chi connectivity index (χ3n) is 2.16. The average Bonchev–Trinajstić information content (AvgIpc) is 2.55. The minimum Gasteiger partial charge on any atom is -0.286 e. The lowest BCUT2D eigenvalue weighted by Gasteiger charge is -2.20. The Morgan fingerprint density at radius 2 is 1.91 bits per heavy atom. The normalized spacial score (nSPS) is 33.3. The van der Waals surface area contributed by atoms with E-state index in [0.717, 1.165) is 0 Å². The molecule has 64 valence electrons. The average molecular weight is 155 g/mol. The van der Waals surface area contributed by atoms with Gasteiger partial charge in [-0.15, -0.1) is 0 Å². The van der Waals surface area contributed by atoms with Crippen LogP contribution in [0.1, 0.15) is 39.5 Å². The van der Waals surface area contributed by atoms with Gasteiger partial charge in [0.25, 0.3) is 0 Å². The molecule has 0 radical (unpaired) electrons. The van der Waals surface area contributed by atoms with Gasteiger partial charge in [-0.05, 0) is 12.8 Å². The van der Waals surface area contributed by atoms with Gasteiger partial charge in [-0.2, -0.15) is 5.11 Å². The summed E-state index contributed by atoms with van der Waals surface area (Å²) < 4.78 is 0. The first-order chi connectivity index (χ1) is 5.47. The van der Waals surface area contributed by atoms with Gasteiger partial charge < -0.3 is 0 Å². The van der Waals surface area contributed by atoms with Crippen LogP contribution in [0.3, 0.4) is 0 Å². The molecular weight excluding hydrogens is 138 g/mol. The van der Waals surface area contributed by atoms with Gasteiger partial charge in [0, 0.05) is 0 Å². The van der Waals surface area contributed by atoms with Crippen molar-refractivity contribution in [2.24, 2.45) is 10.3 Å². The van der Waals surface area contributed by atoms with Crippen molar-refractivity contribution >= 4 is 0 Å². The van der Waals surface area contributed by atoms with Crippen molar-refractivity contribution in [1.82, 2.24) is 5.43 Å². The van der Waals surface area contributed by atoms with Gasteiger partial charge in [0.1, 0.15) is 0 Å². The Hall–Kier alpha value is -0.600. The SMILES string of the molecule is C1CCC2NN=NC2C1.CC. The molecule has 0 aromatic heterocycles. The summed E-state index contributed by atoms with van der Waals surface area (Å²) in [5, 5.41) is 7.87. The van der Waals surface area contributed by atoms with Crippen LogP contribution >= 0.6 is 0 Å². The third-order valence-corrected chi connectivity index (χ3v) is 2.16. The van der Waals surface area contributed by atoms with Crippen LogP contribution in [0.2, 0.25) is 0 Å². The molecule has 1 N–H and O–H groups in total. The van der Waals surface area contributed by atoms with Crippen LogP contribution in [0.15, 0.2) is 10.3 Å². The number of hydrogen-bond acceptors (Lipinski definition) is 3. The fourth-order valence-electron chi connectivity index (χ4n) is 1.58. The summed E-state index contributed by atoms with van der Waals surface area (Å²) in [6.45, 7) is 4.00. The van der Waals surface area contributed by atoms with E-state index in [1.165, 1.54) is 25.7 Å². The molecule has 2 rings (SSSR count). The van der Waals surface area contributed by atoms with E-state index in [4.69, 9.17) is 0 Å². The fraction of sp³-hybridized carbons (Fsp3) is 1.00. The van der Waals surface area contributed by atoms with Crippen LogP contribution in [0, 0.1) is 0 Å². The maximum atomic E-state index is 4.07. The topological polar surface area (TPSA) is 36.8 Å². The molecule has 0 bridgehead atoms. The highest BCUT2D eigenvalue weighted by atomic mass is 15.5. The lowest BCUT2D eigenvalue weighted by molar-refractivity contribution is 0.378. The van der Waals surface area contributed by atoms with Crippen LogP contribution in [-0.2, 0) is 0 Å². The van der Waals surface area contributed by atoms with Gasteiger partial charge in [0.2, 0.25) is 0 Å². The second kappa shape index (κ2) is 4.31. The summed E-state index contributed by atoms with van der Waals surface area (Å²) in [5.41, 5.74) is 3.02. The van der Waals surface area contributed by atoms with Crippen molar-refractivity contribution in [3.63, 3.8) is 0 Å². The maximum absolute atomic E-state index is 4.07. The van der Waals surface area contributed by atoms with Gasteiger partial charge in [0.05, 0.1) is 12.1 Å². The molecule has 0 saturated heterocycles. The highest BCUT2D eigenvalue weighted by Gasteiger charge is 2.27. The van der Waals surface area contributed by atoms with Crippen LogP contribution in [0.5, 0.6) is 0 Å². The highest BCUT2D eigenvalue weighted by Crippen LogP contribution is 2.24. The van der Waals surface area contributed by atoms with E-state index >= 15 is 0 Å². The molecule has 0 aromatic carbocycles. The Balaban J connectivity index is 0.000000281. The fourth-order valence-corrected chi connectivity index (χ4v) is 1.58. The van der Waals surface area contributed by atoms with E-state index in [1.54, 1.807) is 0 Å². The van der Waals surface area contributed by atoms with Gasteiger partial charge in [-0.25, -0.2) is 0 Å². The largest absolute Gasteiger partial charge is 0.286 e. The maximum Gasteiger partial charge on any atom is 0.0947 e. The Morgan fingerprint density at radius 1 is 1.18 bits per heavy atom. The Morgan fingerprint density at radius 3 is 2.64 bits per heavy atom. The predicted octanol–water partition coefficient (Wildman–Crippen LogP) is 2.29. The van der Waals surface area contributed by atoms with Gasteiger partial charge in [0.15, 0.2) is 0 Å². The molecule has 1 heterocycles. The first-order valence-corrected chi connectivity index (χ1v) is 4.62. The van der Waals surface area contributed by atoms with E-state index < -0.39 is 0 Å². The Labute approximate surface area is 68.3 Å². The van der Waals surface area contributed by atoms with Crippen molar-refractivity contribution in [3.05, 3.63) is 0 Å². The summed E-state index contributed by atoms with van der Waals surface area (Å²) in [6, 6.07) is 1.09. The van der Waals surface area contributed by atoms with Crippen LogP contribution < -0.4 is 5.43 Å².